The zero-order chi connectivity index (χ0) is 16.5. The zero-order valence-electron chi connectivity index (χ0n) is 14.3. The van der Waals surface area contributed by atoms with Gasteiger partial charge in [0.2, 0.25) is 0 Å². The third-order valence-corrected chi connectivity index (χ3v) is 7.76. The van der Waals surface area contributed by atoms with Crippen molar-refractivity contribution < 1.29 is 15.0 Å². The van der Waals surface area contributed by atoms with Crippen molar-refractivity contribution in [3.63, 3.8) is 0 Å². The van der Waals surface area contributed by atoms with Crippen molar-refractivity contribution in [2.75, 3.05) is 0 Å². The molecular formula is C20H28O3. The number of fused-ring (bicyclic) bond motifs is 3. The van der Waals surface area contributed by atoms with Gasteiger partial charge >= 0.3 is 5.97 Å². The highest BCUT2D eigenvalue weighted by Gasteiger charge is 2.63. The topological polar surface area (TPSA) is 57.5 Å². The lowest BCUT2D eigenvalue weighted by atomic mass is 9.44. The van der Waals surface area contributed by atoms with Gasteiger partial charge in [-0.15, -0.1) is 0 Å². The van der Waals surface area contributed by atoms with Crippen LogP contribution in [-0.2, 0) is 4.79 Å². The molecule has 0 aromatic heterocycles. The Kier molecular flexibility index (Phi) is 3.17. The minimum Gasteiger partial charge on any atom is -0.478 e. The van der Waals surface area contributed by atoms with Gasteiger partial charge < -0.3 is 10.2 Å². The van der Waals surface area contributed by atoms with Crippen LogP contribution < -0.4 is 0 Å². The second kappa shape index (κ2) is 4.72. The molecule has 1 spiro atoms. The van der Waals surface area contributed by atoms with Crippen LogP contribution >= 0.6 is 0 Å². The van der Waals surface area contributed by atoms with Crippen LogP contribution in [0.3, 0.4) is 0 Å². The van der Waals surface area contributed by atoms with E-state index in [1.807, 2.05) is 6.08 Å². The van der Waals surface area contributed by atoms with Gasteiger partial charge in [-0.3, -0.25) is 0 Å². The van der Waals surface area contributed by atoms with Gasteiger partial charge in [0.1, 0.15) is 0 Å². The number of carboxylic acid groups (broad SMARTS) is 1. The van der Waals surface area contributed by atoms with Crippen LogP contribution in [0.1, 0.15) is 65.2 Å². The summed E-state index contributed by atoms with van der Waals surface area (Å²) >= 11 is 0. The van der Waals surface area contributed by atoms with E-state index in [1.165, 1.54) is 5.57 Å². The van der Waals surface area contributed by atoms with Gasteiger partial charge in [-0.2, -0.15) is 0 Å². The summed E-state index contributed by atoms with van der Waals surface area (Å²) in [6, 6.07) is 0. The summed E-state index contributed by atoms with van der Waals surface area (Å²) in [4.78, 5) is 11.7. The van der Waals surface area contributed by atoms with E-state index in [9.17, 15) is 15.0 Å². The van der Waals surface area contributed by atoms with Crippen LogP contribution in [0.2, 0.25) is 0 Å². The molecule has 0 saturated heterocycles. The monoisotopic (exact) mass is 316 g/mol. The van der Waals surface area contributed by atoms with Crippen molar-refractivity contribution in [1.29, 1.82) is 0 Å². The lowest BCUT2D eigenvalue weighted by Gasteiger charge is -2.60. The largest absolute Gasteiger partial charge is 0.478 e. The molecule has 0 radical (unpaired) electrons. The van der Waals surface area contributed by atoms with Crippen molar-refractivity contribution in [3.8, 4) is 0 Å². The molecule has 0 amide bonds. The molecule has 126 valence electrons. The smallest absolute Gasteiger partial charge is 0.331 e. The first-order valence-electron chi connectivity index (χ1n) is 9.23. The normalized spacial score (nSPS) is 48.1. The molecule has 4 aliphatic carbocycles. The first-order valence-corrected chi connectivity index (χ1v) is 9.23. The van der Waals surface area contributed by atoms with Crippen LogP contribution in [0.25, 0.3) is 0 Å². The number of aliphatic carboxylic acids is 1. The highest BCUT2D eigenvalue weighted by Crippen LogP contribution is 2.69. The molecule has 5 atom stereocenters. The van der Waals surface area contributed by atoms with E-state index in [4.69, 9.17) is 0 Å². The van der Waals surface area contributed by atoms with Gasteiger partial charge in [-0.05, 0) is 79.6 Å². The van der Waals surface area contributed by atoms with Gasteiger partial charge in [0.05, 0.1) is 5.60 Å². The van der Waals surface area contributed by atoms with Crippen molar-refractivity contribution >= 4 is 5.97 Å². The maximum atomic E-state index is 11.7. The number of hydrogen-bond acceptors (Lipinski definition) is 2. The summed E-state index contributed by atoms with van der Waals surface area (Å²) in [6.45, 7) is 4.48. The molecular weight excluding hydrogens is 288 g/mol. The minimum atomic E-state index is -0.722. The van der Waals surface area contributed by atoms with Crippen LogP contribution in [0.4, 0.5) is 0 Å². The van der Waals surface area contributed by atoms with Gasteiger partial charge in [-0.1, -0.05) is 26.0 Å². The minimum absolute atomic E-state index is 0.0712. The number of carboxylic acids is 1. The lowest BCUT2D eigenvalue weighted by Crippen LogP contribution is -2.54. The average Bonchev–Trinajstić information content (AvgIpc) is 2.71. The summed E-state index contributed by atoms with van der Waals surface area (Å²) in [5, 5.41) is 20.7. The Morgan fingerprint density at radius 1 is 1.30 bits per heavy atom. The van der Waals surface area contributed by atoms with Crippen molar-refractivity contribution in [1.82, 2.24) is 0 Å². The lowest BCUT2D eigenvalue weighted by molar-refractivity contribution is -0.138. The highest BCUT2D eigenvalue weighted by atomic mass is 16.4. The van der Waals surface area contributed by atoms with Gasteiger partial charge in [0.15, 0.2) is 0 Å². The van der Waals surface area contributed by atoms with Gasteiger partial charge in [0.25, 0.3) is 0 Å². The Morgan fingerprint density at radius 3 is 2.78 bits per heavy atom. The molecule has 5 unspecified atom stereocenters. The summed E-state index contributed by atoms with van der Waals surface area (Å²) in [5.41, 5.74) is 1.51. The van der Waals surface area contributed by atoms with Crippen LogP contribution in [0.5, 0.6) is 0 Å². The molecule has 2 bridgehead atoms. The Labute approximate surface area is 138 Å². The van der Waals surface area contributed by atoms with Crippen LogP contribution in [0, 0.1) is 22.7 Å². The predicted molar refractivity (Wildman–Crippen MR) is 88.9 cm³/mol. The summed E-state index contributed by atoms with van der Waals surface area (Å²) in [6.07, 6.45) is 12.1. The van der Waals surface area contributed by atoms with E-state index in [1.54, 1.807) is 0 Å². The summed E-state index contributed by atoms with van der Waals surface area (Å²) in [7, 11) is 0. The maximum Gasteiger partial charge on any atom is 0.331 e. The Bertz CT molecular complexity index is 618. The van der Waals surface area contributed by atoms with E-state index < -0.39 is 11.6 Å². The van der Waals surface area contributed by atoms with Crippen LogP contribution in [-0.4, -0.2) is 21.8 Å². The molecule has 0 heterocycles. The molecule has 3 heteroatoms. The molecule has 2 fully saturated rings. The summed E-state index contributed by atoms with van der Waals surface area (Å²) < 4.78 is 0. The molecule has 0 aromatic carbocycles. The second-order valence-corrected chi connectivity index (χ2v) is 8.66. The van der Waals surface area contributed by atoms with Gasteiger partial charge in [0, 0.05) is 5.57 Å². The molecule has 4 aliphatic rings. The quantitative estimate of drug-likeness (QED) is 0.755. The molecule has 4 rings (SSSR count). The molecule has 0 aromatic rings. The Morgan fingerprint density at radius 2 is 2.09 bits per heavy atom. The molecule has 2 saturated carbocycles. The Hall–Kier alpha value is -1.09. The Balaban J connectivity index is 1.76. The van der Waals surface area contributed by atoms with E-state index in [2.05, 4.69) is 19.9 Å². The van der Waals surface area contributed by atoms with Crippen molar-refractivity contribution in [2.45, 2.75) is 70.8 Å². The van der Waals surface area contributed by atoms with Crippen molar-refractivity contribution in [2.24, 2.45) is 22.7 Å². The summed E-state index contributed by atoms with van der Waals surface area (Å²) in [5.74, 6) is -0.0174. The van der Waals surface area contributed by atoms with Gasteiger partial charge in [-0.25, -0.2) is 4.79 Å². The number of carbonyl (C=O) groups is 1. The number of aliphatic hydroxyl groups is 1. The first-order chi connectivity index (χ1) is 10.8. The van der Waals surface area contributed by atoms with Crippen molar-refractivity contribution in [3.05, 3.63) is 23.3 Å². The molecule has 23 heavy (non-hydrogen) atoms. The average molecular weight is 316 g/mol. The zero-order valence-corrected chi connectivity index (χ0v) is 14.3. The van der Waals surface area contributed by atoms with E-state index >= 15 is 0 Å². The van der Waals surface area contributed by atoms with E-state index in [0.29, 0.717) is 11.5 Å². The van der Waals surface area contributed by atoms with E-state index in [-0.39, 0.29) is 16.7 Å². The maximum absolute atomic E-state index is 11.7. The predicted octanol–water partition coefficient (Wildman–Crippen LogP) is 4.08. The first kappa shape index (κ1) is 15.4. The standard InChI is InChI=1S/C20H28O3/c1-3-13-11-19-9-6-15-14(17(21)22)5-4-8-18(15,2)16(19)7-10-20(13,23)12-19/h5,11,15-16,23H,3-4,6-10,12H2,1-2H3,(H,21,22). The molecule has 0 aliphatic heterocycles. The van der Waals surface area contributed by atoms with E-state index in [0.717, 1.165) is 51.4 Å². The fourth-order valence-electron chi connectivity index (χ4n) is 6.85. The highest BCUT2D eigenvalue weighted by molar-refractivity contribution is 5.87. The second-order valence-electron chi connectivity index (χ2n) is 8.66. The fraction of sp³-hybridized carbons (Fsp3) is 0.750. The number of allylic oxidation sites excluding steroid dienone is 2. The fourth-order valence-corrected chi connectivity index (χ4v) is 6.85. The molecule has 2 N–H and O–H groups in total. The van der Waals surface area contributed by atoms with Crippen LogP contribution in [0.15, 0.2) is 23.3 Å². The molecule has 3 nitrogen and oxygen atoms in total. The number of rotatable bonds is 2. The SMILES string of the molecule is CCC1=CC23CCC4C(C(=O)O)=CCCC4(C)C2CCC1(O)C3. The third kappa shape index (κ3) is 1.89. The third-order valence-electron chi connectivity index (χ3n) is 7.76. The number of hydrogen-bond donors (Lipinski definition) is 2.